The highest BCUT2D eigenvalue weighted by Gasteiger charge is 2.28. The molecule has 0 saturated heterocycles. The van der Waals surface area contributed by atoms with Gasteiger partial charge in [0.25, 0.3) is 0 Å². The topological polar surface area (TPSA) is 83.7 Å². The Bertz CT molecular complexity index is 925. The van der Waals surface area contributed by atoms with E-state index in [1.165, 1.54) is 0 Å². The van der Waals surface area contributed by atoms with E-state index in [4.69, 9.17) is 27.9 Å². The van der Waals surface area contributed by atoms with Gasteiger partial charge in [-0.25, -0.2) is 4.68 Å². The van der Waals surface area contributed by atoms with E-state index in [0.29, 0.717) is 55.7 Å². The van der Waals surface area contributed by atoms with Crippen LogP contribution < -0.4 is 0 Å². The monoisotopic (exact) mass is 497 g/mol. The number of carbonyl (C=O) groups is 1. The number of ether oxygens (including phenoxy) is 1. The molecule has 1 amide bonds. The molecule has 0 spiro atoms. The molecule has 2 heterocycles. The quantitative estimate of drug-likeness (QED) is 0.659. The number of carbonyl (C=O) groups excluding carboxylic acids is 1. The minimum atomic E-state index is -0.251. The van der Waals surface area contributed by atoms with Crippen molar-refractivity contribution >= 4 is 29.1 Å². The number of hydrogen-bond donors (Lipinski definition) is 1. The average molecular weight is 498 g/mol. The third-order valence-corrected chi connectivity index (χ3v) is 6.81. The summed E-state index contributed by atoms with van der Waals surface area (Å²) in [6.45, 7) is 6.73. The van der Waals surface area contributed by atoms with Crippen LogP contribution in [0.1, 0.15) is 37.9 Å². The van der Waals surface area contributed by atoms with Gasteiger partial charge in [-0.05, 0) is 38.1 Å². The van der Waals surface area contributed by atoms with E-state index in [1.54, 1.807) is 21.8 Å². The van der Waals surface area contributed by atoms with Gasteiger partial charge in [0, 0.05) is 38.5 Å². The maximum absolute atomic E-state index is 13.0. The number of amides is 1. The number of likely N-dealkylation sites (N-methyl/N-ethyl adjacent to an activating group) is 1. The molecule has 1 aliphatic heterocycles. The molecule has 0 aliphatic carbocycles. The number of halogens is 2. The van der Waals surface area contributed by atoms with E-state index < -0.39 is 0 Å². The van der Waals surface area contributed by atoms with E-state index in [0.717, 1.165) is 11.3 Å². The summed E-state index contributed by atoms with van der Waals surface area (Å²) >= 11 is 12.2. The summed E-state index contributed by atoms with van der Waals surface area (Å²) in [7, 11) is 2.03. The first-order valence-electron chi connectivity index (χ1n) is 11.3. The third-order valence-electron chi connectivity index (χ3n) is 6.07. The Hall–Kier alpha value is -1.71. The number of fused-ring (bicyclic) bond motifs is 1. The Morgan fingerprint density at radius 2 is 2.12 bits per heavy atom. The summed E-state index contributed by atoms with van der Waals surface area (Å²) in [6, 6.07) is 5.39. The molecule has 8 nitrogen and oxygen atoms in total. The Kier molecular flexibility index (Phi) is 9.52. The fourth-order valence-corrected chi connectivity index (χ4v) is 4.39. The van der Waals surface area contributed by atoms with E-state index in [2.05, 4.69) is 22.1 Å². The van der Waals surface area contributed by atoms with Gasteiger partial charge in [0.15, 0.2) is 0 Å². The highest BCUT2D eigenvalue weighted by atomic mass is 35.5. The van der Waals surface area contributed by atoms with Gasteiger partial charge in [0.05, 0.1) is 47.3 Å². The van der Waals surface area contributed by atoms with Crippen molar-refractivity contribution in [1.82, 2.24) is 24.8 Å². The van der Waals surface area contributed by atoms with Crippen LogP contribution in [-0.2, 0) is 29.2 Å². The van der Waals surface area contributed by atoms with Gasteiger partial charge in [-0.1, -0.05) is 41.4 Å². The van der Waals surface area contributed by atoms with Gasteiger partial charge in [0.1, 0.15) is 0 Å². The predicted molar refractivity (Wildman–Crippen MR) is 128 cm³/mol. The Balaban J connectivity index is 1.77. The van der Waals surface area contributed by atoms with E-state index in [-0.39, 0.29) is 30.6 Å². The van der Waals surface area contributed by atoms with Crippen molar-refractivity contribution in [3.8, 4) is 0 Å². The molecule has 0 unspecified atom stereocenters. The van der Waals surface area contributed by atoms with Crippen molar-refractivity contribution < 1.29 is 14.6 Å². The molecule has 1 N–H and O–H groups in total. The van der Waals surface area contributed by atoms with Gasteiger partial charge in [-0.3, -0.25) is 9.69 Å². The maximum Gasteiger partial charge on any atom is 0.222 e. The van der Waals surface area contributed by atoms with Crippen molar-refractivity contribution in [1.29, 1.82) is 0 Å². The van der Waals surface area contributed by atoms with Crippen molar-refractivity contribution in [2.45, 2.75) is 58.5 Å². The smallest absolute Gasteiger partial charge is 0.222 e. The number of aliphatic hydroxyl groups is 1. The van der Waals surface area contributed by atoms with Crippen molar-refractivity contribution in [2.75, 3.05) is 26.7 Å². The highest BCUT2D eigenvalue weighted by molar-refractivity contribution is 6.42. The second-order valence-electron chi connectivity index (χ2n) is 8.90. The van der Waals surface area contributed by atoms with Crippen LogP contribution in [0.2, 0.25) is 10.0 Å². The van der Waals surface area contributed by atoms with E-state index in [1.807, 2.05) is 26.1 Å². The van der Waals surface area contributed by atoms with Crippen LogP contribution in [0, 0.1) is 5.92 Å². The zero-order chi connectivity index (χ0) is 24.0. The van der Waals surface area contributed by atoms with Crippen LogP contribution in [0.5, 0.6) is 0 Å². The summed E-state index contributed by atoms with van der Waals surface area (Å²) in [5.41, 5.74) is 1.95. The summed E-state index contributed by atoms with van der Waals surface area (Å²) in [5.74, 6) is 0.0801. The minimum Gasteiger partial charge on any atom is -0.394 e. The van der Waals surface area contributed by atoms with Crippen LogP contribution in [0.4, 0.5) is 0 Å². The first kappa shape index (κ1) is 25.9. The number of nitrogens with zero attached hydrogens (tertiary/aromatic N) is 5. The number of aliphatic hydroxyl groups excluding tert-OH is 1. The van der Waals surface area contributed by atoms with Crippen molar-refractivity contribution in [3.05, 3.63) is 45.7 Å². The van der Waals surface area contributed by atoms with Gasteiger partial charge in [-0.2, -0.15) is 0 Å². The van der Waals surface area contributed by atoms with Crippen LogP contribution in [-0.4, -0.2) is 74.7 Å². The second kappa shape index (κ2) is 12.1. The third kappa shape index (κ3) is 7.13. The van der Waals surface area contributed by atoms with E-state index in [9.17, 15) is 9.90 Å². The number of aromatic nitrogens is 3. The zero-order valence-electron chi connectivity index (χ0n) is 19.5. The summed E-state index contributed by atoms with van der Waals surface area (Å²) in [5, 5.41) is 19.0. The summed E-state index contributed by atoms with van der Waals surface area (Å²) in [4.78, 5) is 16.9. The molecular formula is C23H33Cl2N5O3. The summed E-state index contributed by atoms with van der Waals surface area (Å²) in [6.07, 6.45) is 2.63. The number of hydrogen-bond acceptors (Lipinski definition) is 6. The van der Waals surface area contributed by atoms with Crippen LogP contribution in [0.3, 0.4) is 0 Å². The molecule has 33 heavy (non-hydrogen) atoms. The van der Waals surface area contributed by atoms with Crippen molar-refractivity contribution in [3.63, 3.8) is 0 Å². The van der Waals surface area contributed by atoms with Gasteiger partial charge in [0.2, 0.25) is 5.91 Å². The molecule has 3 rings (SSSR count). The standard InChI is InChI=1S/C23H33Cl2N5O3/c1-16-11-29(17(2)14-31)23(32)5-4-8-30-19(10-26-27-30)15-33-22(16)13-28(3)12-18-6-7-20(24)21(25)9-18/h6-7,9-10,16-17,22,31H,4-5,8,11-15H2,1-3H3/t16-,17-,22-/m1/s1. The first-order chi connectivity index (χ1) is 15.8. The Labute approximate surface area is 205 Å². The van der Waals surface area contributed by atoms with Crippen LogP contribution in [0.15, 0.2) is 24.4 Å². The SMILES string of the molecule is C[C@@H]1CN([C@H](C)CO)C(=O)CCCn2nncc2CO[C@@H]1CN(C)Cc1ccc(Cl)c(Cl)c1. The molecule has 3 atom stereocenters. The van der Waals surface area contributed by atoms with Crippen LogP contribution >= 0.6 is 23.2 Å². The first-order valence-corrected chi connectivity index (χ1v) is 12.1. The van der Waals surface area contributed by atoms with Gasteiger partial charge in [-0.15, -0.1) is 5.10 Å². The van der Waals surface area contributed by atoms with Crippen LogP contribution in [0.25, 0.3) is 0 Å². The predicted octanol–water partition coefficient (Wildman–Crippen LogP) is 3.24. The number of rotatable bonds is 6. The van der Waals surface area contributed by atoms with Gasteiger partial charge >= 0.3 is 0 Å². The fraction of sp³-hybridized carbons (Fsp3) is 0.609. The second-order valence-corrected chi connectivity index (χ2v) is 9.72. The lowest BCUT2D eigenvalue weighted by molar-refractivity contribution is -0.136. The average Bonchev–Trinajstić information content (AvgIpc) is 3.23. The van der Waals surface area contributed by atoms with E-state index >= 15 is 0 Å². The normalized spacial score (nSPS) is 21.4. The molecule has 1 aliphatic rings. The molecule has 0 saturated carbocycles. The molecule has 1 aromatic carbocycles. The minimum absolute atomic E-state index is 0.0357. The maximum atomic E-state index is 13.0. The molecule has 0 fully saturated rings. The van der Waals surface area contributed by atoms with Gasteiger partial charge < -0.3 is 14.7 Å². The molecule has 0 radical (unpaired) electrons. The molecule has 0 bridgehead atoms. The number of benzene rings is 1. The zero-order valence-corrected chi connectivity index (χ0v) is 21.0. The molecule has 182 valence electrons. The lowest BCUT2D eigenvalue weighted by Crippen LogP contribution is -2.47. The van der Waals surface area contributed by atoms with Crippen molar-refractivity contribution in [2.24, 2.45) is 5.92 Å². The largest absolute Gasteiger partial charge is 0.394 e. The summed E-state index contributed by atoms with van der Waals surface area (Å²) < 4.78 is 8.17. The lowest BCUT2D eigenvalue weighted by atomic mass is 10.0. The molecular weight excluding hydrogens is 465 g/mol. The molecule has 10 heteroatoms. The molecule has 2 aromatic rings. The highest BCUT2D eigenvalue weighted by Crippen LogP contribution is 2.24. The molecule has 1 aromatic heterocycles. The Morgan fingerprint density at radius 3 is 2.85 bits per heavy atom. The lowest BCUT2D eigenvalue weighted by Gasteiger charge is -2.35. The number of aryl methyl sites for hydroxylation is 1. The fourth-order valence-electron chi connectivity index (χ4n) is 4.07. The Morgan fingerprint density at radius 1 is 1.33 bits per heavy atom.